The van der Waals surface area contributed by atoms with Crippen LogP contribution in [-0.4, -0.2) is 41.9 Å². The predicted molar refractivity (Wildman–Crippen MR) is 133 cm³/mol. The fraction of sp³-hybridized carbons (Fsp3) is 0.429. The monoisotopic (exact) mass is 478 g/mol. The zero-order valence-corrected chi connectivity index (χ0v) is 20.0. The Hall–Kier alpha value is -2.79. The van der Waals surface area contributed by atoms with Crippen LogP contribution in [0.4, 0.5) is 0 Å². The molecule has 2 aromatic carbocycles. The number of fused-ring (bicyclic) bond motifs is 1. The molecule has 6 heteroatoms. The van der Waals surface area contributed by atoms with Gasteiger partial charge in [0.2, 0.25) is 5.91 Å². The topological polar surface area (TPSA) is 58.6 Å². The third-order valence-corrected chi connectivity index (χ3v) is 7.78. The number of halogens is 1. The number of likely N-dealkylation sites (tertiary alicyclic amines) is 1. The average Bonchev–Trinajstić information content (AvgIpc) is 2.86. The number of piperidine rings is 1. The highest BCUT2D eigenvalue weighted by atomic mass is 35.5. The number of rotatable bonds is 4. The lowest BCUT2D eigenvalue weighted by Gasteiger charge is -2.41. The molecule has 3 fully saturated rings. The number of hydrogen-bond acceptors (Lipinski definition) is 3. The van der Waals surface area contributed by atoms with Crippen molar-refractivity contribution in [2.24, 2.45) is 11.8 Å². The van der Waals surface area contributed by atoms with Crippen molar-refractivity contribution < 1.29 is 14.3 Å². The highest BCUT2D eigenvalue weighted by molar-refractivity contribution is 6.32. The molecule has 5 rings (SSSR count). The lowest BCUT2D eigenvalue weighted by molar-refractivity contribution is -0.142. The summed E-state index contributed by atoms with van der Waals surface area (Å²) in [5.74, 6) is 0.875. The first-order chi connectivity index (χ1) is 16.6. The minimum absolute atomic E-state index is 0.0510. The van der Waals surface area contributed by atoms with Crippen molar-refractivity contribution in [2.75, 3.05) is 13.1 Å². The molecule has 1 N–H and O–H groups in total. The third kappa shape index (κ3) is 5.15. The van der Waals surface area contributed by atoms with Gasteiger partial charge < -0.3 is 15.0 Å². The normalized spacial score (nSPS) is 26.5. The predicted octanol–water partition coefficient (Wildman–Crippen LogP) is 4.85. The lowest BCUT2D eigenvalue weighted by Crippen LogP contribution is -2.55. The maximum atomic E-state index is 13.3. The van der Waals surface area contributed by atoms with E-state index in [2.05, 4.69) is 35.6 Å². The molecule has 2 amide bonds. The van der Waals surface area contributed by atoms with Gasteiger partial charge in [-0.3, -0.25) is 9.59 Å². The summed E-state index contributed by atoms with van der Waals surface area (Å²) in [6.45, 7) is 1.66. The van der Waals surface area contributed by atoms with Gasteiger partial charge in [0.05, 0.1) is 6.04 Å². The molecule has 178 valence electrons. The third-order valence-electron chi connectivity index (χ3n) is 7.44. The summed E-state index contributed by atoms with van der Waals surface area (Å²) in [6, 6.07) is 17.9. The number of hydrogen-bond donors (Lipinski definition) is 1. The van der Waals surface area contributed by atoms with Gasteiger partial charge in [-0.2, -0.15) is 0 Å². The van der Waals surface area contributed by atoms with E-state index in [0.29, 0.717) is 23.1 Å². The first-order valence-electron chi connectivity index (χ1n) is 12.3. The number of benzene rings is 2. The van der Waals surface area contributed by atoms with E-state index in [4.69, 9.17) is 16.3 Å². The molecular weight excluding hydrogens is 448 g/mol. The van der Waals surface area contributed by atoms with Crippen LogP contribution in [0.25, 0.3) is 6.08 Å². The zero-order chi connectivity index (χ0) is 23.5. The molecule has 0 bridgehead atoms. The van der Waals surface area contributed by atoms with Crippen LogP contribution in [0.3, 0.4) is 0 Å². The van der Waals surface area contributed by atoms with Crippen LogP contribution in [0, 0.1) is 11.8 Å². The minimum atomic E-state index is -0.240. The largest absolute Gasteiger partial charge is 0.483 e. The smallest absolute Gasteiger partial charge is 0.286 e. The van der Waals surface area contributed by atoms with Crippen LogP contribution in [0.15, 0.2) is 60.4 Å². The minimum Gasteiger partial charge on any atom is -0.483 e. The van der Waals surface area contributed by atoms with Crippen molar-refractivity contribution in [3.8, 4) is 0 Å². The van der Waals surface area contributed by atoms with Gasteiger partial charge in [-0.05, 0) is 67.7 Å². The summed E-state index contributed by atoms with van der Waals surface area (Å²) in [4.78, 5) is 28.0. The molecule has 34 heavy (non-hydrogen) atoms. The van der Waals surface area contributed by atoms with Crippen LogP contribution in [-0.2, 0) is 20.7 Å². The van der Waals surface area contributed by atoms with Crippen LogP contribution >= 0.6 is 11.6 Å². The van der Waals surface area contributed by atoms with E-state index in [1.165, 1.54) is 5.56 Å². The van der Waals surface area contributed by atoms with E-state index in [1.54, 1.807) is 12.1 Å². The number of nitrogens with zero attached hydrogens (tertiary/aromatic N) is 1. The van der Waals surface area contributed by atoms with E-state index in [0.717, 1.165) is 50.8 Å². The molecule has 2 heterocycles. The van der Waals surface area contributed by atoms with Crippen LogP contribution < -0.4 is 5.32 Å². The Balaban J connectivity index is 1.15. The second-order valence-electron chi connectivity index (χ2n) is 9.73. The van der Waals surface area contributed by atoms with Gasteiger partial charge in [-0.1, -0.05) is 60.1 Å². The van der Waals surface area contributed by atoms with Crippen molar-refractivity contribution >= 4 is 29.5 Å². The molecule has 1 saturated carbocycles. The Morgan fingerprint density at radius 3 is 2.53 bits per heavy atom. The van der Waals surface area contributed by atoms with Gasteiger partial charge in [0.15, 0.2) is 5.76 Å². The molecule has 0 spiro atoms. The second-order valence-corrected chi connectivity index (χ2v) is 10.1. The molecule has 1 aliphatic carbocycles. The standard InChI is InChI=1S/C28H31ClN2O3/c29-23-9-5-4-8-21(23)18-26-27(32)30-24-17-22(10-11-25(24)34-26)28(33)31-14-12-20(13-15-31)16-19-6-2-1-3-7-19/h1-9,18,20,22,24-25H,10-17H2,(H,30,32)/b26-18-. The average molecular weight is 479 g/mol. The van der Waals surface area contributed by atoms with Crippen molar-refractivity contribution in [1.82, 2.24) is 10.2 Å². The number of carbonyl (C=O) groups excluding carboxylic acids is 2. The first kappa shape index (κ1) is 23.0. The Bertz CT molecular complexity index is 1060. The molecule has 5 nitrogen and oxygen atoms in total. The highest BCUT2D eigenvalue weighted by Gasteiger charge is 2.41. The molecule has 3 aliphatic rings. The van der Waals surface area contributed by atoms with Crippen molar-refractivity contribution in [3.05, 3.63) is 76.5 Å². The molecule has 2 saturated heterocycles. The van der Waals surface area contributed by atoms with Gasteiger partial charge in [-0.15, -0.1) is 0 Å². The number of ether oxygens (including phenoxy) is 1. The molecular formula is C28H31ClN2O3. The summed E-state index contributed by atoms with van der Waals surface area (Å²) in [5, 5.41) is 3.66. The van der Waals surface area contributed by atoms with Crippen molar-refractivity contribution in [2.45, 2.75) is 50.7 Å². The quantitative estimate of drug-likeness (QED) is 0.639. The molecule has 2 aromatic rings. The van der Waals surface area contributed by atoms with Gasteiger partial charge in [0, 0.05) is 24.0 Å². The lowest BCUT2D eigenvalue weighted by atomic mass is 9.81. The number of morpholine rings is 1. The first-order valence-corrected chi connectivity index (χ1v) is 12.7. The summed E-state index contributed by atoms with van der Waals surface area (Å²) in [5.41, 5.74) is 2.13. The fourth-order valence-corrected chi connectivity index (χ4v) is 5.70. The van der Waals surface area contributed by atoms with E-state index in [-0.39, 0.29) is 29.9 Å². The van der Waals surface area contributed by atoms with E-state index >= 15 is 0 Å². The van der Waals surface area contributed by atoms with Crippen LogP contribution in [0.5, 0.6) is 0 Å². The van der Waals surface area contributed by atoms with E-state index < -0.39 is 0 Å². The van der Waals surface area contributed by atoms with E-state index in [9.17, 15) is 9.59 Å². The molecule has 0 radical (unpaired) electrons. The fourth-order valence-electron chi connectivity index (χ4n) is 5.51. The zero-order valence-electron chi connectivity index (χ0n) is 19.3. The van der Waals surface area contributed by atoms with Gasteiger partial charge in [0.1, 0.15) is 6.10 Å². The summed E-state index contributed by atoms with van der Waals surface area (Å²) in [6.07, 6.45) is 6.97. The molecule has 0 aromatic heterocycles. The highest BCUT2D eigenvalue weighted by Crippen LogP contribution is 2.34. The number of nitrogens with one attached hydrogen (secondary N) is 1. The van der Waals surface area contributed by atoms with Gasteiger partial charge >= 0.3 is 0 Å². The molecule has 2 aliphatic heterocycles. The SMILES string of the molecule is O=C1NC2CC(C(=O)N3CCC(Cc4ccccc4)CC3)CCC2O/C1=C\c1ccccc1Cl. The Labute approximate surface area is 206 Å². The second kappa shape index (κ2) is 10.2. The Morgan fingerprint density at radius 2 is 1.76 bits per heavy atom. The maximum absolute atomic E-state index is 13.3. The van der Waals surface area contributed by atoms with Gasteiger partial charge in [-0.25, -0.2) is 0 Å². The summed E-state index contributed by atoms with van der Waals surface area (Å²) >= 11 is 6.23. The van der Waals surface area contributed by atoms with Crippen LogP contribution in [0.2, 0.25) is 5.02 Å². The molecule has 3 atom stereocenters. The maximum Gasteiger partial charge on any atom is 0.286 e. The summed E-state index contributed by atoms with van der Waals surface area (Å²) in [7, 11) is 0. The number of carbonyl (C=O) groups is 2. The van der Waals surface area contributed by atoms with Crippen molar-refractivity contribution in [1.29, 1.82) is 0 Å². The van der Waals surface area contributed by atoms with Crippen molar-refractivity contribution in [3.63, 3.8) is 0 Å². The summed E-state index contributed by atoms with van der Waals surface area (Å²) < 4.78 is 6.07. The Morgan fingerprint density at radius 1 is 1.03 bits per heavy atom. The number of amides is 2. The van der Waals surface area contributed by atoms with Gasteiger partial charge in [0.25, 0.3) is 5.91 Å². The molecule has 3 unspecified atom stereocenters. The van der Waals surface area contributed by atoms with Crippen LogP contribution in [0.1, 0.15) is 43.2 Å². The Kier molecular flexibility index (Phi) is 6.91. The van der Waals surface area contributed by atoms with E-state index in [1.807, 2.05) is 23.1 Å².